The van der Waals surface area contributed by atoms with Crippen LogP contribution in [-0.2, 0) is 6.54 Å². The molecule has 0 bridgehead atoms. The molecule has 1 N–H and O–H groups in total. The number of hydrogen-bond donors (Lipinski definition) is 1. The van der Waals surface area contributed by atoms with Crippen molar-refractivity contribution in [1.82, 2.24) is 19.7 Å². The smallest absolute Gasteiger partial charge is 0.178 e. The van der Waals surface area contributed by atoms with Crippen LogP contribution in [0.1, 0.15) is 5.69 Å². The minimum Gasteiger partial charge on any atom is -0.330 e. The second-order valence-electron chi connectivity index (χ2n) is 4.01. The molecule has 0 radical (unpaired) electrons. The summed E-state index contributed by atoms with van der Waals surface area (Å²) >= 11 is 11.0. The Kier molecular flexibility index (Phi) is 3.04. The van der Waals surface area contributed by atoms with Crippen LogP contribution in [0.3, 0.4) is 0 Å². The molecule has 7 heteroatoms. The van der Waals surface area contributed by atoms with Crippen LogP contribution in [0.5, 0.6) is 0 Å². The van der Waals surface area contributed by atoms with Gasteiger partial charge >= 0.3 is 0 Å². The summed E-state index contributed by atoms with van der Waals surface area (Å²) in [5.41, 5.74) is 2.11. The second kappa shape index (κ2) is 4.71. The molecule has 0 atom stereocenters. The van der Waals surface area contributed by atoms with Crippen LogP contribution in [0.15, 0.2) is 30.5 Å². The van der Waals surface area contributed by atoms with E-state index in [4.69, 9.17) is 23.8 Å². The highest BCUT2D eigenvalue weighted by Crippen LogP contribution is 2.23. The van der Waals surface area contributed by atoms with Gasteiger partial charge < -0.3 is 9.55 Å². The average molecular weight is 295 g/mol. The van der Waals surface area contributed by atoms with Gasteiger partial charge in [0.15, 0.2) is 4.77 Å². The van der Waals surface area contributed by atoms with Gasteiger partial charge in [0.1, 0.15) is 5.82 Å². The quantitative estimate of drug-likeness (QED) is 0.738. The normalized spacial score (nSPS) is 11.1. The van der Waals surface area contributed by atoms with Gasteiger partial charge in [-0.3, -0.25) is 0 Å². The Hall–Kier alpha value is -1.79. The van der Waals surface area contributed by atoms with Crippen molar-refractivity contribution in [1.29, 1.82) is 0 Å². The van der Waals surface area contributed by atoms with Crippen molar-refractivity contribution in [3.8, 4) is 0 Å². The molecule has 0 aliphatic heterocycles. The first kappa shape index (κ1) is 12.3. The van der Waals surface area contributed by atoms with Crippen molar-refractivity contribution in [2.24, 2.45) is 0 Å². The van der Waals surface area contributed by atoms with E-state index < -0.39 is 5.82 Å². The van der Waals surface area contributed by atoms with Crippen molar-refractivity contribution in [2.75, 3.05) is 0 Å². The molecular weight excluding hydrogens is 287 g/mol. The number of halogens is 2. The number of rotatable bonds is 2. The van der Waals surface area contributed by atoms with E-state index in [-0.39, 0.29) is 5.02 Å². The number of aromatic nitrogens is 4. The van der Waals surface area contributed by atoms with E-state index in [1.54, 1.807) is 22.9 Å². The van der Waals surface area contributed by atoms with Gasteiger partial charge in [0.05, 0.1) is 28.3 Å². The Bertz CT molecular complexity index is 797. The first-order chi connectivity index (χ1) is 9.15. The van der Waals surface area contributed by atoms with Crippen LogP contribution < -0.4 is 0 Å². The van der Waals surface area contributed by atoms with E-state index >= 15 is 0 Å². The highest BCUT2D eigenvalue weighted by Gasteiger charge is 2.09. The summed E-state index contributed by atoms with van der Waals surface area (Å²) in [5.74, 6) is -0.475. The summed E-state index contributed by atoms with van der Waals surface area (Å²) in [6.45, 7) is 0.453. The number of H-pyrrole nitrogens is 1. The Morgan fingerprint density at radius 3 is 3.00 bits per heavy atom. The van der Waals surface area contributed by atoms with Crippen molar-refractivity contribution in [3.63, 3.8) is 0 Å². The zero-order chi connectivity index (χ0) is 13.4. The van der Waals surface area contributed by atoms with Gasteiger partial charge in [-0.1, -0.05) is 11.6 Å². The molecule has 3 rings (SSSR count). The predicted octanol–water partition coefficient (Wildman–Crippen LogP) is 3.33. The molecule has 3 aromatic rings. The van der Waals surface area contributed by atoms with Gasteiger partial charge in [-0.2, -0.15) is 10.2 Å². The molecule has 0 saturated heterocycles. The number of nitrogens with zero attached hydrogens (tertiary/aromatic N) is 3. The fourth-order valence-electron chi connectivity index (χ4n) is 1.89. The monoisotopic (exact) mass is 294 g/mol. The number of imidazole rings is 1. The molecule has 96 valence electrons. The van der Waals surface area contributed by atoms with Crippen LogP contribution in [-0.4, -0.2) is 19.7 Å². The third kappa shape index (κ3) is 2.24. The minimum atomic E-state index is -0.475. The Balaban J connectivity index is 2.16. The molecule has 4 nitrogen and oxygen atoms in total. The van der Waals surface area contributed by atoms with Gasteiger partial charge in [0, 0.05) is 12.3 Å². The molecule has 2 heterocycles. The lowest BCUT2D eigenvalue weighted by Crippen LogP contribution is -2.02. The molecular formula is C12H8ClFN4S. The van der Waals surface area contributed by atoms with Crippen LogP contribution >= 0.6 is 23.8 Å². The van der Waals surface area contributed by atoms with E-state index in [0.29, 0.717) is 16.8 Å². The summed E-state index contributed by atoms with van der Waals surface area (Å²) in [5, 5.41) is 7.88. The van der Waals surface area contributed by atoms with Crippen LogP contribution in [0.2, 0.25) is 5.02 Å². The van der Waals surface area contributed by atoms with Crippen molar-refractivity contribution in [2.45, 2.75) is 6.54 Å². The van der Waals surface area contributed by atoms with Crippen LogP contribution in [0.25, 0.3) is 11.0 Å². The lowest BCUT2D eigenvalue weighted by atomic mass is 10.3. The lowest BCUT2D eigenvalue weighted by molar-refractivity contribution is 0.629. The fourth-order valence-corrected chi connectivity index (χ4v) is 2.32. The summed E-state index contributed by atoms with van der Waals surface area (Å²) in [6, 6.07) is 6.53. The molecule has 2 aromatic heterocycles. The Morgan fingerprint density at radius 1 is 1.42 bits per heavy atom. The highest BCUT2D eigenvalue weighted by molar-refractivity contribution is 7.71. The number of hydrogen-bond acceptors (Lipinski definition) is 3. The van der Waals surface area contributed by atoms with E-state index in [9.17, 15) is 4.39 Å². The van der Waals surface area contributed by atoms with E-state index in [1.165, 1.54) is 6.07 Å². The maximum atomic E-state index is 13.4. The average Bonchev–Trinajstić information content (AvgIpc) is 2.68. The summed E-state index contributed by atoms with van der Waals surface area (Å²) in [4.78, 5) is 2.95. The van der Waals surface area contributed by atoms with Gasteiger partial charge in [-0.05, 0) is 30.4 Å². The SMILES string of the molecule is Fc1cc2[nH]c(=S)n(Cc3cccnn3)c2cc1Cl. The number of aromatic amines is 1. The van der Waals surface area contributed by atoms with Gasteiger partial charge in [-0.25, -0.2) is 4.39 Å². The first-order valence-corrected chi connectivity index (χ1v) is 6.28. The molecule has 0 amide bonds. The molecule has 0 unspecified atom stereocenters. The third-order valence-electron chi connectivity index (χ3n) is 2.76. The van der Waals surface area contributed by atoms with Gasteiger partial charge in [0.2, 0.25) is 0 Å². The van der Waals surface area contributed by atoms with Crippen LogP contribution in [0, 0.1) is 10.6 Å². The molecule has 1 aromatic carbocycles. The van der Waals surface area contributed by atoms with Crippen molar-refractivity contribution >= 4 is 34.9 Å². The lowest BCUT2D eigenvalue weighted by Gasteiger charge is -2.03. The molecule has 19 heavy (non-hydrogen) atoms. The summed E-state index contributed by atoms with van der Waals surface area (Å²) in [7, 11) is 0. The zero-order valence-corrected chi connectivity index (χ0v) is 11.2. The predicted molar refractivity (Wildman–Crippen MR) is 73.2 cm³/mol. The highest BCUT2D eigenvalue weighted by atomic mass is 35.5. The van der Waals surface area contributed by atoms with Crippen LogP contribution in [0.4, 0.5) is 4.39 Å². The molecule has 0 spiro atoms. The standard InChI is InChI=1S/C12H8ClFN4S/c13-8-4-11-10(5-9(8)14)16-12(19)18(11)6-7-2-1-3-15-17-7/h1-5H,6H2,(H,16,19). The second-order valence-corrected chi connectivity index (χ2v) is 4.81. The maximum Gasteiger partial charge on any atom is 0.178 e. The van der Waals surface area contributed by atoms with E-state index in [2.05, 4.69) is 15.2 Å². The minimum absolute atomic E-state index is 0.0643. The number of fused-ring (bicyclic) bond motifs is 1. The first-order valence-electron chi connectivity index (χ1n) is 5.49. The van der Waals surface area contributed by atoms with E-state index in [0.717, 1.165) is 11.2 Å². The van der Waals surface area contributed by atoms with Gasteiger partial charge in [0.25, 0.3) is 0 Å². The third-order valence-corrected chi connectivity index (χ3v) is 3.38. The molecule has 0 fully saturated rings. The molecule has 0 aliphatic carbocycles. The number of nitrogens with one attached hydrogen (secondary N) is 1. The zero-order valence-electron chi connectivity index (χ0n) is 9.60. The van der Waals surface area contributed by atoms with Crippen molar-refractivity contribution < 1.29 is 4.39 Å². The fraction of sp³-hybridized carbons (Fsp3) is 0.0833. The Labute approximate surface area is 117 Å². The maximum absolute atomic E-state index is 13.4. The summed E-state index contributed by atoms with van der Waals surface area (Å²) < 4.78 is 15.7. The molecule has 0 aliphatic rings. The summed E-state index contributed by atoms with van der Waals surface area (Å²) in [6.07, 6.45) is 1.60. The Morgan fingerprint density at radius 2 is 2.26 bits per heavy atom. The van der Waals surface area contributed by atoms with Crippen molar-refractivity contribution in [3.05, 3.63) is 51.8 Å². The van der Waals surface area contributed by atoms with Gasteiger partial charge in [-0.15, -0.1) is 0 Å². The largest absolute Gasteiger partial charge is 0.330 e. The van der Waals surface area contributed by atoms with E-state index in [1.807, 2.05) is 6.07 Å². The number of benzene rings is 1. The molecule has 0 saturated carbocycles. The topological polar surface area (TPSA) is 46.5 Å².